The van der Waals surface area contributed by atoms with Crippen molar-refractivity contribution >= 4 is 0 Å². The van der Waals surface area contributed by atoms with Crippen molar-refractivity contribution in [2.45, 2.75) is 37.7 Å². The minimum Gasteiger partial charge on any atom is -0.374 e. The van der Waals surface area contributed by atoms with Gasteiger partial charge in [-0.1, -0.05) is 24.3 Å². The van der Waals surface area contributed by atoms with Crippen LogP contribution in [0.5, 0.6) is 0 Å². The molecule has 3 aliphatic rings. The summed E-state index contributed by atoms with van der Waals surface area (Å²) in [6.07, 6.45) is 5.32. The Kier molecular flexibility index (Phi) is 4.03. The van der Waals surface area contributed by atoms with E-state index in [0.717, 1.165) is 6.42 Å². The van der Waals surface area contributed by atoms with Crippen LogP contribution in [-0.4, -0.2) is 40.3 Å². The zero-order valence-corrected chi connectivity index (χ0v) is 12.0. The molecule has 0 amide bonds. The summed E-state index contributed by atoms with van der Waals surface area (Å²) in [4.78, 5) is 0. The third-order valence-corrected chi connectivity index (χ3v) is 4.41. The predicted molar refractivity (Wildman–Crippen MR) is 76.9 cm³/mol. The van der Waals surface area contributed by atoms with E-state index in [9.17, 15) is 13.9 Å². The average Bonchev–Trinajstić information content (AvgIpc) is 2.73. The van der Waals surface area contributed by atoms with Gasteiger partial charge in [-0.3, -0.25) is 5.32 Å². The van der Waals surface area contributed by atoms with Crippen LogP contribution < -0.4 is 5.32 Å². The van der Waals surface area contributed by atoms with Crippen molar-refractivity contribution in [1.82, 2.24) is 5.32 Å². The molecule has 0 heterocycles. The van der Waals surface area contributed by atoms with Crippen molar-refractivity contribution in [3.63, 3.8) is 0 Å². The summed E-state index contributed by atoms with van der Waals surface area (Å²) in [7, 11) is 0. The molecule has 0 aromatic heterocycles. The molecule has 0 saturated carbocycles. The van der Waals surface area contributed by atoms with E-state index in [1.165, 1.54) is 6.08 Å². The standard InChI is InChI=1S/C16H19F2NO3/c17-16(18)12-4-2-1-3-10(12)11-7-9(5-6-13(11)16)15(22)19-8-14(20)21/h2,4-5,7,13-15,19-22H,1,3,6,8H2. The second kappa shape index (κ2) is 5.70. The zero-order valence-electron chi connectivity index (χ0n) is 12.0. The van der Waals surface area contributed by atoms with Crippen LogP contribution >= 0.6 is 0 Å². The molecular weight excluding hydrogens is 292 g/mol. The fourth-order valence-electron chi connectivity index (χ4n) is 3.35. The topological polar surface area (TPSA) is 72.7 Å². The molecule has 0 bridgehead atoms. The molecule has 6 heteroatoms. The molecule has 0 saturated heterocycles. The molecule has 4 nitrogen and oxygen atoms in total. The average molecular weight is 311 g/mol. The first-order chi connectivity index (χ1) is 10.4. The number of aliphatic hydroxyl groups excluding tert-OH is 2. The number of aliphatic hydroxyl groups is 3. The van der Waals surface area contributed by atoms with E-state index in [2.05, 4.69) is 5.32 Å². The van der Waals surface area contributed by atoms with Gasteiger partial charge >= 0.3 is 0 Å². The molecule has 0 aliphatic heterocycles. The van der Waals surface area contributed by atoms with Gasteiger partial charge in [-0.15, -0.1) is 0 Å². The molecule has 2 unspecified atom stereocenters. The minimum absolute atomic E-state index is 0.109. The number of hydrogen-bond acceptors (Lipinski definition) is 4. The fourth-order valence-corrected chi connectivity index (χ4v) is 3.35. The van der Waals surface area contributed by atoms with E-state index < -0.39 is 24.4 Å². The molecule has 0 fully saturated rings. The summed E-state index contributed by atoms with van der Waals surface area (Å²) >= 11 is 0. The quantitative estimate of drug-likeness (QED) is 0.592. The molecule has 4 N–H and O–H groups in total. The highest BCUT2D eigenvalue weighted by atomic mass is 19.3. The smallest absolute Gasteiger partial charge is 0.280 e. The van der Waals surface area contributed by atoms with Crippen LogP contribution in [0, 0.1) is 5.92 Å². The highest BCUT2D eigenvalue weighted by molar-refractivity contribution is 5.58. The molecule has 2 atom stereocenters. The lowest BCUT2D eigenvalue weighted by Crippen LogP contribution is -2.37. The van der Waals surface area contributed by atoms with E-state index in [-0.39, 0.29) is 18.5 Å². The van der Waals surface area contributed by atoms with E-state index in [1.54, 1.807) is 18.2 Å². The van der Waals surface area contributed by atoms with E-state index in [4.69, 9.17) is 10.2 Å². The largest absolute Gasteiger partial charge is 0.374 e. The summed E-state index contributed by atoms with van der Waals surface area (Å²) in [6.45, 7) is -0.196. The van der Waals surface area contributed by atoms with Gasteiger partial charge in [0, 0.05) is 12.1 Å². The summed E-state index contributed by atoms with van der Waals surface area (Å²) in [5, 5.41) is 30.2. The first-order valence-corrected chi connectivity index (χ1v) is 7.39. The minimum atomic E-state index is -2.86. The van der Waals surface area contributed by atoms with Crippen molar-refractivity contribution in [2.75, 3.05) is 6.54 Å². The molecule has 22 heavy (non-hydrogen) atoms. The number of hydrogen-bond donors (Lipinski definition) is 4. The maximum atomic E-state index is 14.5. The van der Waals surface area contributed by atoms with Crippen LogP contribution in [-0.2, 0) is 0 Å². The Balaban J connectivity index is 1.85. The Morgan fingerprint density at radius 1 is 1.32 bits per heavy atom. The molecule has 0 spiro atoms. The fraction of sp³-hybridized carbons (Fsp3) is 0.500. The van der Waals surface area contributed by atoms with Crippen LogP contribution in [0.1, 0.15) is 19.3 Å². The van der Waals surface area contributed by atoms with Gasteiger partial charge in [0.1, 0.15) is 6.23 Å². The Bertz CT molecular complexity index is 590. The highest BCUT2D eigenvalue weighted by Gasteiger charge is 2.52. The van der Waals surface area contributed by atoms with Crippen LogP contribution in [0.3, 0.4) is 0 Å². The maximum absolute atomic E-state index is 14.5. The van der Waals surface area contributed by atoms with Gasteiger partial charge in [0.2, 0.25) is 0 Å². The van der Waals surface area contributed by atoms with Crippen molar-refractivity contribution in [3.05, 3.63) is 46.6 Å². The van der Waals surface area contributed by atoms with Crippen LogP contribution in [0.15, 0.2) is 46.6 Å². The normalized spacial score (nSPS) is 27.5. The lowest BCUT2D eigenvalue weighted by atomic mass is 9.85. The number of allylic oxidation sites excluding steroid dienone is 6. The summed E-state index contributed by atoms with van der Waals surface area (Å²) in [6, 6.07) is 0. The van der Waals surface area contributed by atoms with Gasteiger partial charge in [-0.2, -0.15) is 0 Å². The van der Waals surface area contributed by atoms with Gasteiger partial charge < -0.3 is 15.3 Å². The molecule has 0 radical (unpaired) electrons. The lowest BCUT2D eigenvalue weighted by molar-refractivity contribution is -0.0442. The van der Waals surface area contributed by atoms with Gasteiger partial charge in [0.15, 0.2) is 6.29 Å². The molecule has 3 rings (SSSR count). The first-order valence-electron chi connectivity index (χ1n) is 7.39. The first kappa shape index (κ1) is 15.6. The molecule has 120 valence electrons. The van der Waals surface area contributed by atoms with Crippen molar-refractivity contribution in [3.8, 4) is 0 Å². The summed E-state index contributed by atoms with van der Waals surface area (Å²) < 4.78 is 28.9. The highest BCUT2D eigenvalue weighted by Crippen LogP contribution is 2.54. The predicted octanol–water partition coefficient (Wildman–Crippen LogP) is 1.37. The summed E-state index contributed by atoms with van der Waals surface area (Å²) in [5.74, 6) is -3.72. The molecule has 0 aromatic carbocycles. The Morgan fingerprint density at radius 3 is 2.82 bits per heavy atom. The van der Waals surface area contributed by atoms with E-state index >= 15 is 0 Å². The van der Waals surface area contributed by atoms with Gasteiger partial charge in [0.05, 0.1) is 5.92 Å². The monoisotopic (exact) mass is 311 g/mol. The Hall–Kier alpha value is -1.34. The number of alkyl halides is 2. The number of fused-ring (bicyclic) bond motifs is 2. The van der Waals surface area contributed by atoms with Gasteiger partial charge in [-0.25, -0.2) is 8.78 Å². The van der Waals surface area contributed by atoms with Gasteiger partial charge in [0.25, 0.3) is 5.92 Å². The van der Waals surface area contributed by atoms with Crippen molar-refractivity contribution in [1.29, 1.82) is 0 Å². The van der Waals surface area contributed by atoms with Crippen LogP contribution in [0.2, 0.25) is 0 Å². The Labute approximate surface area is 127 Å². The molecule has 0 aromatic rings. The zero-order chi connectivity index (χ0) is 15.9. The van der Waals surface area contributed by atoms with Crippen molar-refractivity contribution in [2.24, 2.45) is 5.92 Å². The maximum Gasteiger partial charge on any atom is 0.280 e. The van der Waals surface area contributed by atoms with Crippen LogP contribution in [0.4, 0.5) is 8.78 Å². The molecular formula is C16H19F2NO3. The SMILES string of the molecule is OC(O)CNC(O)C1=CCC2C(=C1)C1=C(C=CCC1)C2(F)F. The Morgan fingerprint density at radius 2 is 2.09 bits per heavy atom. The van der Waals surface area contributed by atoms with Crippen LogP contribution in [0.25, 0.3) is 0 Å². The molecule has 3 aliphatic carbocycles. The van der Waals surface area contributed by atoms with Gasteiger partial charge in [-0.05, 0) is 36.0 Å². The van der Waals surface area contributed by atoms with Crippen molar-refractivity contribution < 1.29 is 24.1 Å². The second-order valence-corrected chi connectivity index (χ2v) is 5.84. The second-order valence-electron chi connectivity index (χ2n) is 5.84. The lowest BCUT2D eigenvalue weighted by Gasteiger charge is -2.26. The third-order valence-electron chi connectivity index (χ3n) is 4.41. The van der Waals surface area contributed by atoms with E-state index in [1.807, 2.05) is 0 Å². The summed E-state index contributed by atoms with van der Waals surface area (Å²) in [5.41, 5.74) is 1.90. The number of nitrogens with one attached hydrogen (secondary N) is 1. The number of rotatable bonds is 4. The number of halogens is 2. The third kappa shape index (κ3) is 2.56. The van der Waals surface area contributed by atoms with E-state index in [0.29, 0.717) is 23.1 Å².